The molecule has 78 valence electrons. The molecule has 0 atom stereocenters. The van der Waals surface area contributed by atoms with E-state index >= 15 is 0 Å². The zero-order valence-corrected chi connectivity index (χ0v) is 9.40. The van der Waals surface area contributed by atoms with Crippen molar-refractivity contribution in [3.05, 3.63) is 66.9 Å². The Labute approximate surface area is 92.0 Å². The zero-order valence-electron chi connectivity index (χ0n) is 9.40. The van der Waals surface area contributed by atoms with E-state index in [1.54, 1.807) is 0 Å². The van der Waals surface area contributed by atoms with Gasteiger partial charge in [-0.1, -0.05) is 37.4 Å². The normalized spacial score (nSPS) is 10.9. The Bertz CT molecular complexity index is 374. The molecule has 1 nitrogen and oxygen atoms in total. The summed E-state index contributed by atoms with van der Waals surface area (Å²) in [6.07, 6.45) is 3.85. The van der Waals surface area contributed by atoms with E-state index in [0.717, 1.165) is 16.8 Å². The molecule has 1 rings (SSSR count). The van der Waals surface area contributed by atoms with Crippen LogP contribution < -0.4 is 4.90 Å². The van der Waals surface area contributed by atoms with Crippen LogP contribution in [0.2, 0.25) is 0 Å². The van der Waals surface area contributed by atoms with Crippen molar-refractivity contribution < 1.29 is 0 Å². The summed E-state index contributed by atoms with van der Waals surface area (Å²) in [7, 11) is 2.02. The summed E-state index contributed by atoms with van der Waals surface area (Å²) in [5, 5.41) is 0. The molecule has 0 saturated heterocycles. The quantitative estimate of drug-likeness (QED) is 0.667. The fourth-order valence-electron chi connectivity index (χ4n) is 1.28. The van der Waals surface area contributed by atoms with Crippen LogP contribution in [0.3, 0.4) is 0 Å². The second kappa shape index (κ2) is 5.20. The summed E-state index contributed by atoms with van der Waals surface area (Å²) >= 11 is 0. The summed E-state index contributed by atoms with van der Waals surface area (Å²) in [6.45, 7) is 9.66. The molecule has 0 aliphatic carbocycles. The van der Waals surface area contributed by atoms with Crippen LogP contribution in [0.25, 0.3) is 0 Å². The van der Waals surface area contributed by atoms with Crippen molar-refractivity contribution in [2.75, 3.05) is 11.9 Å². The number of allylic oxidation sites excluding steroid dienone is 3. The SMILES string of the molecule is C=C/C(=C\N(C)c1ccccc1)C(=C)C. The highest BCUT2D eigenvalue weighted by Crippen LogP contribution is 2.15. The third kappa shape index (κ3) is 3.13. The largest absolute Gasteiger partial charge is 0.350 e. The van der Waals surface area contributed by atoms with Crippen LogP contribution in [0, 0.1) is 0 Å². The number of benzene rings is 1. The minimum absolute atomic E-state index is 1.02. The Morgan fingerprint density at radius 1 is 1.27 bits per heavy atom. The molecular formula is C14H17N. The Hall–Kier alpha value is -1.76. The first kappa shape index (κ1) is 11.3. The predicted molar refractivity (Wildman–Crippen MR) is 67.9 cm³/mol. The van der Waals surface area contributed by atoms with Crippen molar-refractivity contribution in [3.63, 3.8) is 0 Å². The second-order valence-electron chi connectivity index (χ2n) is 3.52. The second-order valence-corrected chi connectivity index (χ2v) is 3.52. The van der Waals surface area contributed by atoms with Crippen LogP contribution in [0.15, 0.2) is 66.9 Å². The number of nitrogens with zero attached hydrogens (tertiary/aromatic N) is 1. The Morgan fingerprint density at radius 3 is 2.33 bits per heavy atom. The average Bonchev–Trinajstić information content (AvgIpc) is 2.26. The lowest BCUT2D eigenvalue weighted by Gasteiger charge is -2.15. The molecule has 0 bridgehead atoms. The fourth-order valence-corrected chi connectivity index (χ4v) is 1.28. The van der Waals surface area contributed by atoms with Crippen molar-refractivity contribution in [1.29, 1.82) is 0 Å². The Balaban J connectivity index is 2.91. The first-order valence-electron chi connectivity index (χ1n) is 4.93. The van der Waals surface area contributed by atoms with E-state index in [4.69, 9.17) is 0 Å². The Kier molecular flexibility index (Phi) is 3.92. The molecule has 15 heavy (non-hydrogen) atoms. The summed E-state index contributed by atoms with van der Waals surface area (Å²) in [4.78, 5) is 2.06. The van der Waals surface area contributed by atoms with Gasteiger partial charge in [0.05, 0.1) is 0 Å². The molecule has 0 unspecified atom stereocenters. The molecule has 0 aliphatic heterocycles. The predicted octanol–water partition coefficient (Wildman–Crippen LogP) is 3.77. The van der Waals surface area contributed by atoms with Gasteiger partial charge in [0, 0.05) is 18.9 Å². The van der Waals surface area contributed by atoms with Crippen molar-refractivity contribution in [2.24, 2.45) is 0 Å². The van der Waals surface area contributed by atoms with Gasteiger partial charge >= 0.3 is 0 Å². The molecule has 0 spiro atoms. The molecule has 0 aromatic heterocycles. The maximum Gasteiger partial charge on any atom is 0.0403 e. The maximum atomic E-state index is 3.91. The zero-order chi connectivity index (χ0) is 11.3. The van der Waals surface area contributed by atoms with E-state index in [0.29, 0.717) is 0 Å². The van der Waals surface area contributed by atoms with Gasteiger partial charge in [0.15, 0.2) is 0 Å². The first-order valence-corrected chi connectivity index (χ1v) is 4.93. The van der Waals surface area contributed by atoms with Gasteiger partial charge in [-0.25, -0.2) is 0 Å². The molecule has 0 saturated carbocycles. The van der Waals surface area contributed by atoms with Gasteiger partial charge in [0.25, 0.3) is 0 Å². The van der Waals surface area contributed by atoms with Crippen molar-refractivity contribution >= 4 is 5.69 Å². The molecule has 1 aromatic carbocycles. The van der Waals surface area contributed by atoms with Gasteiger partial charge in [0.2, 0.25) is 0 Å². The summed E-state index contributed by atoms with van der Waals surface area (Å²) < 4.78 is 0. The molecule has 0 N–H and O–H groups in total. The van der Waals surface area contributed by atoms with Crippen molar-refractivity contribution in [2.45, 2.75) is 6.92 Å². The highest BCUT2D eigenvalue weighted by Gasteiger charge is 1.98. The van der Waals surface area contributed by atoms with Gasteiger partial charge in [-0.2, -0.15) is 0 Å². The number of hydrogen-bond acceptors (Lipinski definition) is 1. The smallest absolute Gasteiger partial charge is 0.0403 e. The minimum atomic E-state index is 1.02. The summed E-state index contributed by atoms with van der Waals surface area (Å²) in [6, 6.07) is 10.2. The number of para-hydroxylation sites is 1. The van der Waals surface area contributed by atoms with E-state index in [9.17, 15) is 0 Å². The van der Waals surface area contributed by atoms with Gasteiger partial charge in [-0.05, 0) is 30.2 Å². The van der Waals surface area contributed by atoms with Crippen LogP contribution >= 0.6 is 0 Å². The number of rotatable bonds is 4. The van der Waals surface area contributed by atoms with Crippen LogP contribution in [0.1, 0.15) is 6.92 Å². The molecular weight excluding hydrogens is 182 g/mol. The van der Waals surface area contributed by atoms with E-state index in [1.807, 2.05) is 44.4 Å². The van der Waals surface area contributed by atoms with E-state index in [2.05, 4.69) is 30.2 Å². The lowest BCUT2D eigenvalue weighted by atomic mass is 10.1. The monoisotopic (exact) mass is 199 g/mol. The van der Waals surface area contributed by atoms with Gasteiger partial charge in [-0.15, -0.1) is 0 Å². The van der Waals surface area contributed by atoms with Crippen LogP contribution in [-0.4, -0.2) is 7.05 Å². The van der Waals surface area contributed by atoms with Crippen LogP contribution in [-0.2, 0) is 0 Å². The molecule has 1 aromatic rings. The molecule has 0 amide bonds. The number of hydrogen-bond donors (Lipinski definition) is 0. The maximum absolute atomic E-state index is 3.91. The highest BCUT2D eigenvalue weighted by atomic mass is 15.1. The molecule has 0 aliphatic rings. The van der Waals surface area contributed by atoms with Gasteiger partial charge in [0.1, 0.15) is 0 Å². The summed E-state index contributed by atoms with van der Waals surface area (Å²) in [5.41, 5.74) is 3.23. The van der Waals surface area contributed by atoms with Crippen LogP contribution in [0.4, 0.5) is 5.69 Å². The van der Waals surface area contributed by atoms with Gasteiger partial charge < -0.3 is 4.90 Å². The highest BCUT2D eigenvalue weighted by molar-refractivity contribution is 5.51. The third-order valence-corrected chi connectivity index (χ3v) is 2.21. The minimum Gasteiger partial charge on any atom is -0.350 e. The van der Waals surface area contributed by atoms with E-state index in [-0.39, 0.29) is 0 Å². The Morgan fingerprint density at radius 2 is 1.87 bits per heavy atom. The fraction of sp³-hybridized carbons (Fsp3) is 0.143. The average molecular weight is 199 g/mol. The third-order valence-electron chi connectivity index (χ3n) is 2.21. The topological polar surface area (TPSA) is 3.24 Å². The first-order chi connectivity index (χ1) is 7.15. The van der Waals surface area contributed by atoms with Crippen molar-refractivity contribution in [1.82, 2.24) is 0 Å². The van der Waals surface area contributed by atoms with E-state index in [1.165, 1.54) is 0 Å². The lowest BCUT2D eigenvalue weighted by Crippen LogP contribution is -2.08. The van der Waals surface area contributed by atoms with E-state index < -0.39 is 0 Å². The number of anilines is 1. The van der Waals surface area contributed by atoms with Crippen LogP contribution in [0.5, 0.6) is 0 Å². The molecule has 0 radical (unpaired) electrons. The molecule has 0 fully saturated rings. The lowest BCUT2D eigenvalue weighted by molar-refractivity contribution is 1.18. The van der Waals surface area contributed by atoms with Crippen molar-refractivity contribution in [3.8, 4) is 0 Å². The standard InChI is InChI=1S/C14H17N/c1-5-13(12(2)3)11-15(4)14-9-7-6-8-10-14/h5-11H,1-2H2,3-4H3/b13-11+. The van der Waals surface area contributed by atoms with Gasteiger partial charge in [-0.3, -0.25) is 0 Å². The summed E-state index contributed by atoms with van der Waals surface area (Å²) in [5.74, 6) is 0. The molecule has 1 heteroatoms. The molecule has 0 heterocycles.